The number of aromatic nitrogens is 5. The van der Waals surface area contributed by atoms with Crippen molar-refractivity contribution in [1.29, 1.82) is 0 Å². The fraction of sp³-hybridized carbons (Fsp3) is 0.200. The Morgan fingerprint density at radius 2 is 1.75 bits per heavy atom. The van der Waals surface area contributed by atoms with E-state index in [9.17, 15) is 13.2 Å². The van der Waals surface area contributed by atoms with Crippen molar-refractivity contribution in [3.8, 4) is 5.69 Å². The van der Waals surface area contributed by atoms with Crippen LogP contribution >= 0.6 is 0 Å². The number of halogens is 3. The number of aryl methyl sites for hydroxylation is 1. The zero-order valence-electron chi connectivity index (χ0n) is 12.6. The molecule has 0 radical (unpaired) electrons. The van der Waals surface area contributed by atoms with Crippen molar-refractivity contribution in [3.05, 3.63) is 59.5 Å². The minimum atomic E-state index is -4.50. The molecule has 0 amide bonds. The summed E-state index contributed by atoms with van der Waals surface area (Å²) in [5.41, 5.74) is 1.17. The summed E-state index contributed by atoms with van der Waals surface area (Å²) >= 11 is 0. The number of hydrogen-bond acceptors (Lipinski definition) is 5. The summed E-state index contributed by atoms with van der Waals surface area (Å²) < 4.78 is 37.3. The fourth-order valence-corrected chi connectivity index (χ4v) is 2.00. The lowest BCUT2D eigenvalue weighted by Crippen LogP contribution is -2.11. The number of nitrogens with one attached hydrogen (secondary N) is 1. The van der Waals surface area contributed by atoms with Crippen molar-refractivity contribution in [2.45, 2.75) is 19.6 Å². The van der Waals surface area contributed by atoms with Crippen LogP contribution in [0.2, 0.25) is 0 Å². The molecule has 9 heteroatoms. The van der Waals surface area contributed by atoms with Gasteiger partial charge in [0.25, 0.3) is 0 Å². The number of rotatable bonds is 4. The SMILES string of the molecule is Cc1nn(-c2ccccc2)nc1CNc1ccc(C(F)(F)F)nn1. The first-order valence-electron chi connectivity index (χ1n) is 7.06. The topological polar surface area (TPSA) is 68.5 Å². The van der Waals surface area contributed by atoms with Crippen LogP contribution in [0.25, 0.3) is 5.69 Å². The van der Waals surface area contributed by atoms with Gasteiger partial charge >= 0.3 is 6.18 Å². The van der Waals surface area contributed by atoms with Crippen LogP contribution in [0, 0.1) is 6.92 Å². The van der Waals surface area contributed by atoms with Crippen LogP contribution in [0.15, 0.2) is 42.5 Å². The number of anilines is 1. The van der Waals surface area contributed by atoms with Gasteiger partial charge < -0.3 is 5.32 Å². The quantitative estimate of drug-likeness (QED) is 0.794. The van der Waals surface area contributed by atoms with E-state index in [1.807, 2.05) is 37.3 Å². The Bertz CT molecular complexity index is 811. The van der Waals surface area contributed by atoms with E-state index < -0.39 is 11.9 Å². The zero-order chi connectivity index (χ0) is 17.2. The Balaban J connectivity index is 1.70. The summed E-state index contributed by atoms with van der Waals surface area (Å²) in [7, 11) is 0. The van der Waals surface area contributed by atoms with E-state index in [0.717, 1.165) is 11.8 Å². The molecule has 0 aliphatic heterocycles. The third kappa shape index (κ3) is 3.50. The second-order valence-corrected chi connectivity index (χ2v) is 5.01. The Morgan fingerprint density at radius 3 is 2.38 bits per heavy atom. The van der Waals surface area contributed by atoms with Crippen LogP contribution < -0.4 is 5.32 Å². The lowest BCUT2D eigenvalue weighted by atomic mass is 10.3. The van der Waals surface area contributed by atoms with Crippen LogP contribution in [0.1, 0.15) is 17.1 Å². The molecule has 6 nitrogen and oxygen atoms in total. The molecule has 0 bridgehead atoms. The highest BCUT2D eigenvalue weighted by atomic mass is 19.4. The summed E-state index contributed by atoms with van der Waals surface area (Å²) in [6.45, 7) is 2.08. The molecule has 0 fully saturated rings. The Kier molecular flexibility index (Phi) is 4.15. The van der Waals surface area contributed by atoms with E-state index in [-0.39, 0.29) is 12.4 Å². The van der Waals surface area contributed by atoms with Crippen molar-refractivity contribution < 1.29 is 13.2 Å². The third-order valence-electron chi connectivity index (χ3n) is 3.26. The average molecular weight is 334 g/mol. The first-order valence-corrected chi connectivity index (χ1v) is 7.06. The van der Waals surface area contributed by atoms with Crippen LogP contribution in [-0.2, 0) is 12.7 Å². The molecular formula is C15H13F3N6. The predicted octanol–water partition coefficient (Wildman–Crippen LogP) is 3.00. The van der Waals surface area contributed by atoms with Gasteiger partial charge in [-0.25, -0.2) is 0 Å². The number of alkyl halides is 3. The molecular weight excluding hydrogens is 321 g/mol. The summed E-state index contributed by atoms with van der Waals surface area (Å²) in [6.07, 6.45) is -4.50. The van der Waals surface area contributed by atoms with Crippen LogP contribution in [-0.4, -0.2) is 25.2 Å². The van der Waals surface area contributed by atoms with E-state index in [1.54, 1.807) is 0 Å². The van der Waals surface area contributed by atoms with Gasteiger partial charge in [-0.3, -0.25) is 0 Å². The minimum Gasteiger partial charge on any atom is -0.363 e. The molecule has 0 unspecified atom stereocenters. The van der Waals surface area contributed by atoms with Gasteiger partial charge in [0.05, 0.1) is 17.9 Å². The van der Waals surface area contributed by atoms with Gasteiger partial charge in [-0.15, -0.1) is 10.2 Å². The first-order chi connectivity index (χ1) is 11.4. The van der Waals surface area contributed by atoms with Crippen molar-refractivity contribution in [2.75, 3.05) is 5.32 Å². The van der Waals surface area contributed by atoms with Crippen LogP contribution in [0.5, 0.6) is 0 Å². The molecule has 1 aromatic carbocycles. The lowest BCUT2D eigenvalue weighted by Gasteiger charge is -2.06. The zero-order valence-corrected chi connectivity index (χ0v) is 12.6. The van der Waals surface area contributed by atoms with Gasteiger partial charge in [0.15, 0.2) is 5.69 Å². The Labute approximate surface area is 135 Å². The van der Waals surface area contributed by atoms with Gasteiger partial charge in [0, 0.05) is 0 Å². The number of nitrogens with zero attached hydrogens (tertiary/aromatic N) is 5. The highest BCUT2D eigenvalue weighted by Gasteiger charge is 2.32. The summed E-state index contributed by atoms with van der Waals surface area (Å²) in [6, 6.07) is 11.5. The van der Waals surface area contributed by atoms with E-state index >= 15 is 0 Å². The van der Waals surface area contributed by atoms with Gasteiger partial charge in [-0.2, -0.15) is 28.2 Å². The third-order valence-corrected chi connectivity index (χ3v) is 3.26. The second-order valence-electron chi connectivity index (χ2n) is 5.01. The van der Waals surface area contributed by atoms with Crippen molar-refractivity contribution in [2.24, 2.45) is 0 Å². The van der Waals surface area contributed by atoms with E-state index in [1.165, 1.54) is 10.9 Å². The summed E-state index contributed by atoms with van der Waals surface area (Å²) in [4.78, 5) is 1.50. The monoisotopic (exact) mass is 334 g/mol. The second kappa shape index (κ2) is 6.26. The van der Waals surface area contributed by atoms with E-state index in [0.29, 0.717) is 11.4 Å². The molecule has 0 spiro atoms. The number of benzene rings is 1. The molecule has 0 saturated heterocycles. The highest BCUT2D eigenvalue weighted by molar-refractivity contribution is 5.35. The van der Waals surface area contributed by atoms with Gasteiger partial charge in [0.2, 0.25) is 0 Å². The molecule has 24 heavy (non-hydrogen) atoms. The summed E-state index contributed by atoms with van der Waals surface area (Å²) in [5, 5.41) is 18.3. The maximum atomic E-state index is 12.4. The Hall–Kier alpha value is -2.97. The van der Waals surface area contributed by atoms with E-state index in [4.69, 9.17) is 0 Å². The highest BCUT2D eigenvalue weighted by Crippen LogP contribution is 2.27. The van der Waals surface area contributed by atoms with Gasteiger partial charge in [-0.05, 0) is 31.2 Å². The maximum absolute atomic E-state index is 12.4. The molecule has 3 rings (SSSR count). The molecule has 0 atom stereocenters. The molecule has 2 heterocycles. The Morgan fingerprint density at radius 1 is 1.00 bits per heavy atom. The number of para-hydroxylation sites is 1. The maximum Gasteiger partial charge on any atom is 0.435 e. The van der Waals surface area contributed by atoms with Crippen LogP contribution in [0.4, 0.5) is 19.0 Å². The van der Waals surface area contributed by atoms with Crippen LogP contribution in [0.3, 0.4) is 0 Å². The predicted molar refractivity (Wildman–Crippen MR) is 80.5 cm³/mol. The molecule has 3 aromatic rings. The van der Waals surface area contributed by atoms with Crippen molar-refractivity contribution in [3.63, 3.8) is 0 Å². The largest absolute Gasteiger partial charge is 0.435 e. The lowest BCUT2D eigenvalue weighted by molar-refractivity contribution is -0.141. The van der Waals surface area contributed by atoms with Crippen molar-refractivity contribution >= 4 is 5.82 Å². The standard InChI is InChI=1S/C15H13F3N6/c1-10-12(23-24(22-10)11-5-3-2-4-6-11)9-19-14-8-7-13(20-21-14)15(16,17)18/h2-8H,9H2,1H3,(H,19,21). The molecule has 1 N–H and O–H groups in total. The normalized spacial score (nSPS) is 11.5. The molecule has 0 saturated carbocycles. The molecule has 2 aromatic heterocycles. The average Bonchev–Trinajstić information content (AvgIpc) is 2.94. The van der Waals surface area contributed by atoms with Gasteiger partial charge in [0.1, 0.15) is 11.5 Å². The smallest absolute Gasteiger partial charge is 0.363 e. The summed E-state index contributed by atoms with van der Waals surface area (Å²) in [5.74, 6) is 0.233. The fourth-order valence-electron chi connectivity index (χ4n) is 2.00. The first kappa shape index (κ1) is 15.9. The van der Waals surface area contributed by atoms with Gasteiger partial charge in [-0.1, -0.05) is 18.2 Å². The molecule has 124 valence electrons. The molecule has 0 aliphatic carbocycles. The molecule has 0 aliphatic rings. The van der Waals surface area contributed by atoms with E-state index in [2.05, 4.69) is 25.7 Å². The van der Waals surface area contributed by atoms with Crippen molar-refractivity contribution in [1.82, 2.24) is 25.2 Å². The number of hydrogen-bond donors (Lipinski definition) is 1. The minimum absolute atomic E-state index is 0.233.